The number of ether oxygens (including phenoxy) is 1. The monoisotopic (exact) mass is 465 g/mol. The zero-order valence-corrected chi connectivity index (χ0v) is 19.9. The van der Waals surface area contributed by atoms with Gasteiger partial charge in [0.2, 0.25) is 5.91 Å². The van der Waals surface area contributed by atoms with Gasteiger partial charge < -0.3 is 23.9 Å². The lowest BCUT2D eigenvalue weighted by molar-refractivity contribution is -0.121. The number of furan rings is 1. The average molecular weight is 466 g/mol. The molecule has 180 valence electrons. The van der Waals surface area contributed by atoms with E-state index in [4.69, 9.17) is 13.7 Å². The van der Waals surface area contributed by atoms with Crippen LogP contribution in [0.1, 0.15) is 52.2 Å². The summed E-state index contributed by atoms with van der Waals surface area (Å²) in [6, 6.07) is 9.38. The van der Waals surface area contributed by atoms with Crippen LogP contribution in [-0.2, 0) is 16.1 Å². The fraction of sp³-hybridized carbons (Fsp3) is 0.423. The number of aromatic nitrogens is 1. The molecule has 1 saturated heterocycles. The third-order valence-electron chi connectivity index (χ3n) is 6.03. The predicted octanol–water partition coefficient (Wildman–Crippen LogP) is 4.19. The van der Waals surface area contributed by atoms with Gasteiger partial charge in [0.1, 0.15) is 5.76 Å². The molecule has 1 aliphatic rings. The van der Waals surface area contributed by atoms with Gasteiger partial charge in [-0.1, -0.05) is 22.9 Å². The van der Waals surface area contributed by atoms with Crippen molar-refractivity contribution in [1.29, 1.82) is 0 Å². The van der Waals surface area contributed by atoms with Gasteiger partial charge in [0.05, 0.1) is 18.9 Å². The molecule has 3 heterocycles. The number of nitrogens with one attached hydrogen (secondary N) is 1. The minimum Gasteiger partial charge on any atom is -0.467 e. The van der Waals surface area contributed by atoms with Gasteiger partial charge >= 0.3 is 0 Å². The number of hydrogen-bond donors (Lipinski definition) is 1. The minimum atomic E-state index is -0.319. The van der Waals surface area contributed by atoms with Crippen molar-refractivity contribution in [2.75, 3.05) is 19.7 Å². The number of benzene rings is 1. The summed E-state index contributed by atoms with van der Waals surface area (Å²) in [4.78, 5) is 27.3. The van der Waals surface area contributed by atoms with Gasteiger partial charge in [-0.2, -0.15) is 0 Å². The summed E-state index contributed by atoms with van der Waals surface area (Å²) in [6.45, 7) is 7.76. The molecule has 0 aliphatic carbocycles. The van der Waals surface area contributed by atoms with Gasteiger partial charge in [0, 0.05) is 37.7 Å². The number of rotatable bonds is 9. The van der Waals surface area contributed by atoms with Crippen LogP contribution in [0.25, 0.3) is 11.3 Å². The third kappa shape index (κ3) is 5.75. The van der Waals surface area contributed by atoms with Gasteiger partial charge in [-0.25, -0.2) is 0 Å². The van der Waals surface area contributed by atoms with Crippen molar-refractivity contribution >= 4 is 11.8 Å². The van der Waals surface area contributed by atoms with Crippen LogP contribution in [0.15, 0.2) is 45.5 Å². The lowest BCUT2D eigenvalue weighted by atomic mass is 9.98. The molecule has 0 spiro atoms. The quantitative estimate of drug-likeness (QED) is 0.509. The maximum atomic E-state index is 13.3. The summed E-state index contributed by atoms with van der Waals surface area (Å²) >= 11 is 0. The first kappa shape index (κ1) is 23.8. The lowest BCUT2D eigenvalue weighted by Gasteiger charge is -2.20. The van der Waals surface area contributed by atoms with E-state index in [1.165, 1.54) is 0 Å². The molecule has 1 N–H and O–H groups in total. The first-order valence-electron chi connectivity index (χ1n) is 11.7. The Hall–Kier alpha value is -3.39. The van der Waals surface area contributed by atoms with Gasteiger partial charge in [-0.15, -0.1) is 0 Å². The molecule has 4 rings (SSSR count). The second-order valence-corrected chi connectivity index (χ2v) is 8.85. The fourth-order valence-corrected chi connectivity index (χ4v) is 4.43. The number of aryl methyl sites for hydroxylation is 3. The Balaban J connectivity index is 1.46. The van der Waals surface area contributed by atoms with E-state index in [0.29, 0.717) is 18.1 Å². The van der Waals surface area contributed by atoms with E-state index < -0.39 is 0 Å². The van der Waals surface area contributed by atoms with Crippen LogP contribution in [0.3, 0.4) is 0 Å². The highest BCUT2D eigenvalue weighted by Gasteiger charge is 2.24. The largest absolute Gasteiger partial charge is 0.467 e. The van der Waals surface area contributed by atoms with Crippen LogP contribution >= 0.6 is 0 Å². The van der Waals surface area contributed by atoms with Crippen LogP contribution in [-0.4, -0.2) is 47.7 Å². The Labute approximate surface area is 199 Å². The SMILES string of the molecule is Cc1cc(C)c(-c2cc(C(=O)N(CCC(=O)NC[C@H]3CCCO3)Cc3ccco3)no2)c(C)c1. The normalized spacial score (nSPS) is 15.4. The second kappa shape index (κ2) is 10.7. The van der Waals surface area contributed by atoms with Crippen molar-refractivity contribution in [1.82, 2.24) is 15.4 Å². The summed E-state index contributed by atoms with van der Waals surface area (Å²) < 4.78 is 16.5. The molecule has 2 amide bonds. The number of carbonyl (C=O) groups is 2. The molecule has 8 nitrogen and oxygen atoms in total. The van der Waals surface area contributed by atoms with E-state index in [-0.39, 0.29) is 43.1 Å². The highest BCUT2D eigenvalue weighted by molar-refractivity contribution is 5.93. The molecule has 8 heteroatoms. The van der Waals surface area contributed by atoms with Crippen molar-refractivity contribution < 1.29 is 23.3 Å². The fourth-order valence-electron chi connectivity index (χ4n) is 4.43. The Bertz CT molecular complexity index is 1110. The van der Waals surface area contributed by atoms with E-state index in [1.807, 2.05) is 20.8 Å². The van der Waals surface area contributed by atoms with E-state index in [2.05, 4.69) is 22.6 Å². The van der Waals surface area contributed by atoms with Gasteiger partial charge in [0.15, 0.2) is 11.5 Å². The van der Waals surface area contributed by atoms with Crippen molar-refractivity contribution in [2.45, 2.75) is 52.7 Å². The van der Waals surface area contributed by atoms with Crippen LogP contribution in [0.2, 0.25) is 0 Å². The van der Waals surface area contributed by atoms with Gasteiger partial charge in [-0.05, 0) is 56.9 Å². The molecular formula is C26H31N3O5. The van der Waals surface area contributed by atoms with Crippen molar-refractivity contribution in [3.8, 4) is 11.3 Å². The Morgan fingerprint density at radius 2 is 1.97 bits per heavy atom. The summed E-state index contributed by atoms with van der Waals surface area (Å²) in [5.74, 6) is 0.730. The smallest absolute Gasteiger partial charge is 0.276 e. The Morgan fingerprint density at radius 3 is 2.65 bits per heavy atom. The molecule has 0 bridgehead atoms. The Kier molecular flexibility index (Phi) is 7.47. The number of hydrogen-bond acceptors (Lipinski definition) is 6. The maximum absolute atomic E-state index is 13.3. The molecule has 3 aromatic rings. The van der Waals surface area contributed by atoms with Crippen LogP contribution in [0.4, 0.5) is 0 Å². The van der Waals surface area contributed by atoms with Crippen LogP contribution in [0, 0.1) is 20.8 Å². The first-order valence-corrected chi connectivity index (χ1v) is 11.7. The molecule has 0 unspecified atom stereocenters. The second-order valence-electron chi connectivity index (χ2n) is 8.85. The third-order valence-corrected chi connectivity index (χ3v) is 6.03. The lowest BCUT2D eigenvalue weighted by Crippen LogP contribution is -2.37. The van der Waals surface area contributed by atoms with Crippen molar-refractivity contribution in [2.24, 2.45) is 0 Å². The Morgan fingerprint density at radius 1 is 1.18 bits per heavy atom. The molecule has 1 fully saturated rings. The topological polar surface area (TPSA) is 97.8 Å². The minimum absolute atomic E-state index is 0.0760. The van der Waals surface area contributed by atoms with Gasteiger partial charge in [0.25, 0.3) is 5.91 Å². The summed E-state index contributed by atoms with van der Waals surface area (Å²) in [7, 11) is 0. The molecule has 1 aliphatic heterocycles. The summed E-state index contributed by atoms with van der Waals surface area (Å²) in [5, 5.41) is 6.95. The van der Waals surface area contributed by atoms with E-state index >= 15 is 0 Å². The zero-order valence-electron chi connectivity index (χ0n) is 19.9. The molecule has 0 radical (unpaired) electrons. The van der Waals surface area contributed by atoms with Gasteiger partial charge in [-0.3, -0.25) is 9.59 Å². The summed E-state index contributed by atoms with van der Waals surface area (Å²) in [6.07, 6.45) is 3.78. The molecule has 1 atom stereocenters. The molecule has 1 aromatic carbocycles. The maximum Gasteiger partial charge on any atom is 0.276 e. The van der Waals surface area contributed by atoms with Crippen LogP contribution < -0.4 is 5.32 Å². The molecular weight excluding hydrogens is 434 g/mol. The first-order chi connectivity index (χ1) is 16.4. The van der Waals surface area contributed by atoms with E-state index in [0.717, 1.165) is 41.7 Å². The summed E-state index contributed by atoms with van der Waals surface area (Å²) in [5.41, 5.74) is 4.41. The number of amides is 2. The number of nitrogens with zero attached hydrogens (tertiary/aromatic N) is 2. The van der Waals surface area contributed by atoms with Crippen molar-refractivity contribution in [3.05, 3.63) is 64.7 Å². The van der Waals surface area contributed by atoms with E-state index in [1.54, 1.807) is 29.4 Å². The highest BCUT2D eigenvalue weighted by Crippen LogP contribution is 2.29. The van der Waals surface area contributed by atoms with Crippen molar-refractivity contribution in [3.63, 3.8) is 0 Å². The van der Waals surface area contributed by atoms with E-state index in [9.17, 15) is 9.59 Å². The highest BCUT2D eigenvalue weighted by atomic mass is 16.5. The zero-order chi connectivity index (χ0) is 24.1. The predicted molar refractivity (Wildman–Crippen MR) is 126 cm³/mol. The molecule has 0 saturated carbocycles. The molecule has 34 heavy (non-hydrogen) atoms. The number of carbonyl (C=O) groups excluding carboxylic acids is 2. The standard InChI is InChI=1S/C26H31N3O5/c1-17-12-18(2)25(19(3)13-17)23-14-22(28-34-23)26(31)29(16-21-7-5-11-33-21)9-8-24(30)27-15-20-6-4-10-32-20/h5,7,11-14,20H,4,6,8-10,15-16H2,1-3H3,(H,27,30)/t20-/m1/s1. The molecule has 2 aromatic heterocycles. The average Bonchev–Trinajstić information content (AvgIpc) is 3.57. The van der Waals surface area contributed by atoms with Crippen LogP contribution in [0.5, 0.6) is 0 Å².